The monoisotopic (exact) mass is 241 g/mol. The highest BCUT2D eigenvalue weighted by Crippen LogP contribution is 2.27. The van der Waals surface area contributed by atoms with Crippen LogP contribution in [0.3, 0.4) is 0 Å². The molecule has 88 valence electrons. The minimum Gasteiger partial charge on any atom is -0.496 e. The van der Waals surface area contributed by atoms with Gasteiger partial charge >= 0.3 is 5.97 Å². The quantitative estimate of drug-likeness (QED) is 0.696. The van der Waals surface area contributed by atoms with Gasteiger partial charge < -0.3 is 15.6 Å². The summed E-state index contributed by atoms with van der Waals surface area (Å²) in [7, 11) is 1.59. The van der Waals surface area contributed by atoms with Gasteiger partial charge in [-0.05, 0) is 24.1 Å². The van der Waals surface area contributed by atoms with Crippen molar-refractivity contribution in [1.29, 1.82) is 0 Å². The van der Waals surface area contributed by atoms with Gasteiger partial charge in [-0.1, -0.05) is 12.1 Å². The van der Waals surface area contributed by atoms with E-state index in [1.54, 1.807) is 19.2 Å². The van der Waals surface area contributed by atoms with E-state index in [9.17, 15) is 4.79 Å². The van der Waals surface area contributed by atoms with Crippen LogP contribution in [0.1, 0.15) is 16.4 Å². The number of carboxylic acid groups (broad SMARTS) is 1. The summed E-state index contributed by atoms with van der Waals surface area (Å²) in [6, 6.07) is 4.37. The minimum atomic E-state index is -1.06. The van der Waals surface area contributed by atoms with E-state index in [4.69, 9.17) is 15.6 Å². The van der Waals surface area contributed by atoms with E-state index in [1.807, 2.05) is 13.0 Å². The van der Waals surface area contributed by atoms with Gasteiger partial charge in [0, 0.05) is 0 Å². The summed E-state index contributed by atoms with van der Waals surface area (Å²) in [6.45, 7) is 1.88. The molecule has 4 nitrogen and oxygen atoms in total. The Morgan fingerprint density at radius 1 is 1.56 bits per heavy atom. The van der Waals surface area contributed by atoms with Crippen molar-refractivity contribution in [3.63, 3.8) is 0 Å². The topological polar surface area (TPSA) is 72.5 Å². The molecule has 0 heterocycles. The van der Waals surface area contributed by atoms with Gasteiger partial charge in [0.05, 0.1) is 12.4 Å². The molecule has 0 spiro atoms. The molecule has 1 aromatic rings. The molecule has 0 aliphatic heterocycles. The summed E-state index contributed by atoms with van der Waals surface area (Å²) < 4.78 is 5.12. The molecule has 1 aromatic carbocycles. The fourth-order valence-electron chi connectivity index (χ4n) is 1.43. The van der Waals surface area contributed by atoms with Gasteiger partial charge in [-0.3, -0.25) is 4.79 Å². The second-order valence-electron chi connectivity index (χ2n) is 3.54. The Bertz CT molecular complexity index is 395. The minimum absolute atomic E-state index is 0.526. The summed E-state index contributed by atoms with van der Waals surface area (Å²) in [4.78, 5) is 10.7. The van der Waals surface area contributed by atoms with E-state index >= 15 is 0 Å². The third-order valence-electron chi connectivity index (χ3n) is 2.39. The van der Waals surface area contributed by atoms with Crippen molar-refractivity contribution in [1.82, 2.24) is 0 Å². The van der Waals surface area contributed by atoms with Crippen molar-refractivity contribution >= 4 is 18.6 Å². The van der Waals surface area contributed by atoms with Gasteiger partial charge in [0.1, 0.15) is 11.8 Å². The predicted octanol–water partition coefficient (Wildman–Crippen LogP) is 1.39. The lowest BCUT2D eigenvalue weighted by molar-refractivity contribution is -0.138. The third-order valence-corrected chi connectivity index (χ3v) is 3.01. The van der Waals surface area contributed by atoms with Crippen LogP contribution in [0.4, 0.5) is 0 Å². The number of thiol groups is 1. The number of rotatable bonds is 4. The molecule has 0 saturated carbocycles. The molecule has 5 heteroatoms. The standard InChI is InChI=1S/C11H15NO3S/c1-6-5-7(3-4-8(6)15-2)10(16)9(12)11(13)14/h3-5,9-10,16H,12H2,1-2H3,(H,13,14). The van der Waals surface area contributed by atoms with Gasteiger partial charge in [0.15, 0.2) is 0 Å². The number of hydrogen-bond acceptors (Lipinski definition) is 4. The Morgan fingerprint density at radius 3 is 2.62 bits per heavy atom. The van der Waals surface area contributed by atoms with Crippen LogP contribution in [-0.4, -0.2) is 24.2 Å². The second-order valence-corrected chi connectivity index (χ2v) is 4.09. The number of hydrogen-bond donors (Lipinski definition) is 3. The smallest absolute Gasteiger partial charge is 0.321 e. The number of nitrogens with two attached hydrogens (primary N) is 1. The number of aryl methyl sites for hydroxylation is 1. The zero-order chi connectivity index (χ0) is 12.3. The summed E-state index contributed by atoms with van der Waals surface area (Å²) in [5, 5.41) is 8.26. The normalized spacial score (nSPS) is 14.2. The van der Waals surface area contributed by atoms with E-state index in [2.05, 4.69) is 12.6 Å². The van der Waals surface area contributed by atoms with Crippen molar-refractivity contribution in [2.75, 3.05) is 7.11 Å². The Labute approximate surface area is 99.8 Å². The molecule has 3 N–H and O–H groups in total. The van der Waals surface area contributed by atoms with Crippen LogP contribution >= 0.6 is 12.6 Å². The molecule has 0 amide bonds. The molecule has 16 heavy (non-hydrogen) atoms. The lowest BCUT2D eigenvalue weighted by Gasteiger charge is -2.16. The van der Waals surface area contributed by atoms with E-state index in [0.29, 0.717) is 0 Å². The van der Waals surface area contributed by atoms with Gasteiger partial charge in [-0.15, -0.1) is 0 Å². The second kappa shape index (κ2) is 5.23. The van der Waals surface area contributed by atoms with Crippen molar-refractivity contribution in [3.05, 3.63) is 29.3 Å². The maximum absolute atomic E-state index is 10.7. The molecule has 2 atom stereocenters. The lowest BCUT2D eigenvalue weighted by atomic mass is 10.0. The van der Waals surface area contributed by atoms with E-state index in [0.717, 1.165) is 16.9 Å². The number of carboxylic acids is 1. The molecular weight excluding hydrogens is 226 g/mol. The summed E-state index contributed by atoms with van der Waals surface area (Å²) in [5.41, 5.74) is 7.21. The van der Waals surface area contributed by atoms with Crippen molar-refractivity contribution in [2.45, 2.75) is 18.2 Å². The molecule has 0 aliphatic rings. The van der Waals surface area contributed by atoms with Crippen molar-refractivity contribution < 1.29 is 14.6 Å². The Kier molecular flexibility index (Phi) is 4.20. The van der Waals surface area contributed by atoms with Crippen molar-refractivity contribution in [3.8, 4) is 5.75 Å². The molecule has 0 fully saturated rings. The van der Waals surface area contributed by atoms with Crippen LogP contribution in [0.15, 0.2) is 18.2 Å². The number of ether oxygens (including phenoxy) is 1. The third kappa shape index (κ3) is 2.68. The van der Waals surface area contributed by atoms with E-state index in [-0.39, 0.29) is 0 Å². The average molecular weight is 241 g/mol. The van der Waals surface area contributed by atoms with Crippen LogP contribution in [0.25, 0.3) is 0 Å². The summed E-state index contributed by atoms with van der Waals surface area (Å²) >= 11 is 4.22. The maximum atomic E-state index is 10.7. The first-order valence-corrected chi connectivity index (χ1v) is 5.30. The van der Waals surface area contributed by atoms with Gasteiger partial charge in [0.2, 0.25) is 0 Å². The van der Waals surface area contributed by atoms with Gasteiger partial charge in [-0.25, -0.2) is 0 Å². The molecule has 2 unspecified atom stereocenters. The first kappa shape index (κ1) is 12.9. The molecule has 0 aromatic heterocycles. The SMILES string of the molecule is COc1ccc(C(S)C(N)C(=O)O)cc1C. The molecule has 0 bridgehead atoms. The number of methoxy groups -OCH3 is 1. The van der Waals surface area contributed by atoms with Crippen LogP contribution in [0.2, 0.25) is 0 Å². The van der Waals surface area contributed by atoms with E-state index in [1.165, 1.54) is 0 Å². The maximum Gasteiger partial charge on any atom is 0.321 e. The summed E-state index contributed by atoms with van der Waals surface area (Å²) in [6.07, 6.45) is 0. The van der Waals surface area contributed by atoms with Crippen LogP contribution in [0.5, 0.6) is 5.75 Å². The summed E-state index contributed by atoms with van der Waals surface area (Å²) in [5.74, 6) is -0.304. The first-order valence-electron chi connectivity index (χ1n) is 4.78. The molecular formula is C11H15NO3S. The Morgan fingerprint density at radius 2 is 2.19 bits per heavy atom. The molecule has 0 radical (unpaired) electrons. The van der Waals surface area contributed by atoms with Crippen LogP contribution in [0, 0.1) is 6.92 Å². The van der Waals surface area contributed by atoms with Gasteiger partial charge in [-0.2, -0.15) is 12.6 Å². The highest BCUT2D eigenvalue weighted by Gasteiger charge is 2.22. The fraction of sp³-hybridized carbons (Fsp3) is 0.364. The van der Waals surface area contributed by atoms with Crippen molar-refractivity contribution in [2.24, 2.45) is 5.73 Å². The van der Waals surface area contributed by atoms with E-state index < -0.39 is 17.3 Å². The number of benzene rings is 1. The largest absolute Gasteiger partial charge is 0.496 e. The highest BCUT2D eigenvalue weighted by atomic mass is 32.1. The number of carbonyl (C=O) groups is 1. The molecule has 0 saturated heterocycles. The molecule has 1 rings (SSSR count). The zero-order valence-electron chi connectivity index (χ0n) is 9.18. The zero-order valence-corrected chi connectivity index (χ0v) is 10.1. The first-order chi connectivity index (χ1) is 7.47. The predicted molar refractivity (Wildman–Crippen MR) is 65.1 cm³/mol. The molecule has 0 aliphatic carbocycles. The number of aliphatic carboxylic acids is 1. The fourth-order valence-corrected chi connectivity index (χ4v) is 1.72. The highest BCUT2D eigenvalue weighted by molar-refractivity contribution is 7.80. The lowest BCUT2D eigenvalue weighted by Crippen LogP contribution is -2.34. The van der Waals surface area contributed by atoms with Crippen LogP contribution in [-0.2, 0) is 4.79 Å². The average Bonchev–Trinajstić information content (AvgIpc) is 2.26. The van der Waals surface area contributed by atoms with Crippen LogP contribution < -0.4 is 10.5 Å². The Balaban J connectivity index is 2.97. The van der Waals surface area contributed by atoms with Gasteiger partial charge in [0.25, 0.3) is 0 Å². The Hall–Kier alpha value is -1.20.